The van der Waals surface area contributed by atoms with Gasteiger partial charge in [-0.3, -0.25) is 0 Å². The van der Waals surface area contributed by atoms with Gasteiger partial charge in [-0.15, -0.1) is 11.8 Å². The summed E-state index contributed by atoms with van der Waals surface area (Å²) in [6.07, 6.45) is -7.53. The fraction of sp³-hybridized carbons (Fsp3) is 1.00. The molecule has 0 aromatic heterocycles. The Morgan fingerprint density at radius 1 is 0.952 bits per heavy atom. The Labute approximate surface area is 126 Å². The van der Waals surface area contributed by atoms with E-state index in [-0.39, 0.29) is 6.42 Å². The van der Waals surface area contributed by atoms with Crippen molar-refractivity contribution in [3.05, 3.63) is 0 Å². The van der Waals surface area contributed by atoms with Gasteiger partial charge < -0.3 is 40.1 Å². The summed E-state index contributed by atoms with van der Waals surface area (Å²) in [7, 11) is 0. The van der Waals surface area contributed by atoms with E-state index in [4.69, 9.17) is 14.6 Å². The van der Waals surface area contributed by atoms with E-state index in [0.717, 1.165) is 0 Å². The Bertz CT molecular complexity index is 343. The van der Waals surface area contributed by atoms with Gasteiger partial charge in [0.15, 0.2) is 0 Å². The summed E-state index contributed by atoms with van der Waals surface area (Å²) in [5.74, 6) is 0. The highest BCUT2D eigenvalue weighted by Crippen LogP contribution is 2.33. The lowest BCUT2D eigenvalue weighted by molar-refractivity contribution is -0.269. The van der Waals surface area contributed by atoms with Crippen LogP contribution in [0.2, 0.25) is 0 Å². The lowest BCUT2D eigenvalue weighted by Crippen LogP contribution is -2.64. The Balaban J connectivity index is 2.12. The maximum absolute atomic E-state index is 10.0. The molecule has 2 unspecified atom stereocenters. The number of rotatable bonds is 3. The molecule has 9 heteroatoms. The summed E-state index contributed by atoms with van der Waals surface area (Å²) in [5, 5.41) is 58.4. The molecule has 0 spiro atoms. The average Bonchev–Trinajstić information content (AvgIpc) is 2.48. The lowest BCUT2D eigenvalue weighted by Gasteiger charge is -2.46. The second kappa shape index (κ2) is 7.07. The van der Waals surface area contributed by atoms with Crippen molar-refractivity contribution in [1.29, 1.82) is 0 Å². The van der Waals surface area contributed by atoms with Crippen molar-refractivity contribution < 1.29 is 40.1 Å². The normalized spacial score (nSPS) is 51.9. The van der Waals surface area contributed by atoms with E-state index in [1.807, 2.05) is 0 Å². The zero-order valence-electron chi connectivity index (χ0n) is 11.5. The minimum Gasteiger partial charge on any atom is -0.394 e. The minimum atomic E-state index is -1.48. The molecule has 2 fully saturated rings. The summed E-state index contributed by atoms with van der Waals surface area (Å²) in [6, 6.07) is 0. The van der Waals surface area contributed by atoms with Gasteiger partial charge in [-0.05, 0) is 6.26 Å². The Kier molecular flexibility index (Phi) is 5.85. The summed E-state index contributed by atoms with van der Waals surface area (Å²) in [4.78, 5) is 0. The van der Waals surface area contributed by atoms with E-state index in [1.165, 1.54) is 11.8 Å². The van der Waals surface area contributed by atoms with Crippen molar-refractivity contribution in [2.45, 2.75) is 60.7 Å². The summed E-state index contributed by atoms with van der Waals surface area (Å²) in [5.41, 5.74) is -0.689. The van der Waals surface area contributed by atoms with Crippen molar-refractivity contribution >= 4 is 11.8 Å². The molecule has 124 valence electrons. The van der Waals surface area contributed by atoms with E-state index < -0.39 is 60.9 Å². The van der Waals surface area contributed by atoms with Crippen LogP contribution in [0.1, 0.15) is 6.42 Å². The van der Waals surface area contributed by atoms with Crippen molar-refractivity contribution in [3.8, 4) is 0 Å². The molecule has 9 atom stereocenters. The van der Waals surface area contributed by atoms with Gasteiger partial charge in [0, 0.05) is 6.42 Å². The van der Waals surface area contributed by atoms with Gasteiger partial charge in [0.1, 0.15) is 42.1 Å². The monoisotopic (exact) mass is 326 g/mol. The first-order chi connectivity index (χ1) is 9.90. The molecule has 2 aliphatic rings. The molecule has 2 heterocycles. The summed E-state index contributed by atoms with van der Waals surface area (Å²) in [6.45, 7) is -0.523. The third kappa shape index (κ3) is 3.36. The molecule has 8 nitrogen and oxygen atoms in total. The van der Waals surface area contributed by atoms with Gasteiger partial charge in [-0.2, -0.15) is 0 Å². The molecule has 21 heavy (non-hydrogen) atoms. The van der Waals surface area contributed by atoms with Crippen LogP contribution in [0.3, 0.4) is 0 Å². The predicted molar refractivity (Wildman–Crippen MR) is 72.6 cm³/mol. The first-order valence-electron chi connectivity index (χ1n) is 6.75. The number of ether oxygens (including phenoxy) is 2. The van der Waals surface area contributed by atoms with Crippen LogP contribution in [0.15, 0.2) is 0 Å². The molecule has 0 aromatic carbocycles. The Hall–Kier alpha value is 0.0300. The highest BCUT2D eigenvalue weighted by Gasteiger charge is 2.50. The Morgan fingerprint density at radius 2 is 1.62 bits per heavy atom. The number of hydrogen-bond acceptors (Lipinski definition) is 9. The SMILES string of the molecule is CSC1OC([C@@H]2O[C@H](CO)[C@@H](O)[C@H](O)[C@H]2O)C[C@H](O)[C@@H]1O. The van der Waals surface area contributed by atoms with Crippen molar-refractivity contribution in [3.63, 3.8) is 0 Å². The molecule has 2 aliphatic heterocycles. The standard InChI is InChI=1S/C12H22O8S/c1-21-12-7(15)4(14)2-5(20-12)11-10(18)9(17)8(16)6(3-13)19-11/h4-18H,2-3H2,1H3/t4-,5?,6+,7-,8+,9-,10+,11-,12?/m0/s1. The molecular formula is C12H22O8S. The van der Waals surface area contributed by atoms with E-state index in [1.54, 1.807) is 6.26 Å². The van der Waals surface area contributed by atoms with Crippen LogP contribution >= 0.6 is 11.8 Å². The third-order valence-electron chi connectivity index (χ3n) is 3.98. The largest absolute Gasteiger partial charge is 0.394 e. The highest BCUT2D eigenvalue weighted by atomic mass is 32.2. The van der Waals surface area contributed by atoms with Crippen LogP contribution in [0.25, 0.3) is 0 Å². The Morgan fingerprint density at radius 3 is 2.19 bits per heavy atom. The molecule has 0 amide bonds. The van der Waals surface area contributed by atoms with Crippen LogP contribution in [0.5, 0.6) is 0 Å². The first kappa shape index (κ1) is 17.4. The van der Waals surface area contributed by atoms with Gasteiger partial charge in [-0.25, -0.2) is 0 Å². The van der Waals surface area contributed by atoms with Crippen molar-refractivity contribution in [2.75, 3.05) is 12.9 Å². The molecule has 2 saturated heterocycles. The van der Waals surface area contributed by atoms with Gasteiger partial charge in [0.25, 0.3) is 0 Å². The van der Waals surface area contributed by atoms with Gasteiger partial charge in [0.2, 0.25) is 0 Å². The molecule has 0 aromatic rings. The second-order valence-corrected chi connectivity index (χ2v) is 6.30. The average molecular weight is 326 g/mol. The number of hydrogen-bond donors (Lipinski definition) is 6. The van der Waals surface area contributed by atoms with Crippen molar-refractivity contribution in [1.82, 2.24) is 0 Å². The molecular weight excluding hydrogens is 304 g/mol. The summed E-state index contributed by atoms with van der Waals surface area (Å²) >= 11 is 1.20. The third-order valence-corrected chi connectivity index (χ3v) is 4.84. The van der Waals surface area contributed by atoms with E-state index in [2.05, 4.69) is 0 Å². The van der Waals surface area contributed by atoms with Gasteiger partial charge in [-0.1, -0.05) is 0 Å². The first-order valence-corrected chi connectivity index (χ1v) is 8.04. The van der Waals surface area contributed by atoms with Gasteiger partial charge >= 0.3 is 0 Å². The molecule has 0 aliphatic carbocycles. The van der Waals surface area contributed by atoms with Crippen LogP contribution in [0.4, 0.5) is 0 Å². The van der Waals surface area contributed by atoms with E-state index in [0.29, 0.717) is 0 Å². The zero-order valence-corrected chi connectivity index (χ0v) is 12.3. The van der Waals surface area contributed by atoms with Crippen LogP contribution in [-0.4, -0.2) is 97.8 Å². The van der Waals surface area contributed by atoms with E-state index >= 15 is 0 Å². The van der Waals surface area contributed by atoms with Crippen molar-refractivity contribution in [2.24, 2.45) is 0 Å². The maximum Gasteiger partial charge on any atom is 0.131 e. The molecule has 6 N–H and O–H groups in total. The maximum atomic E-state index is 10.0. The lowest BCUT2D eigenvalue weighted by atomic mass is 9.89. The van der Waals surface area contributed by atoms with Crippen LogP contribution < -0.4 is 0 Å². The number of thioether (sulfide) groups is 1. The minimum absolute atomic E-state index is 0.0148. The zero-order chi connectivity index (χ0) is 15.7. The molecule has 0 bridgehead atoms. The van der Waals surface area contributed by atoms with Crippen LogP contribution in [-0.2, 0) is 9.47 Å². The topological polar surface area (TPSA) is 140 Å². The fourth-order valence-corrected chi connectivity index (χ4v) is 3.43. The molecule has 2 rings (SSSR count). The quantitative estimate of drug-likeness (QED) is 0.321. The number of aliphatic hydroxyl groups is 6. The predicted octanol–water partition coefficient (Wildman–Crippen LogP) is -2.97. The molecule has 0 saturated carbocycles. The van der Waals surface area contributed by atoms with Crippen LogP contribution in [0, 0.1) is 0 Å². The number of aliphatic hydroxyl groups excluding tert-OH is 6. The second-order valence-electron chi connectivity index (χ2n) is 5.37. The highest BCUT2D eigenvalue weighted by molar-refractivity contribution is 7.99. The van der Waals surface area contributed by atoms with E-state index in [9.17, 15) is 25.5 Å². The fourth-order valence-electron chi connectivity index (χ4n) is 2.71. The smallest absolute Gasteiger partial charge is 0.131 e. The van der Waals surface area contributed by atoms with Gasteiger partial charge in [0.05, 0.1) is 18.8 Å². The molecule has 0 radical (unpaired) electrons. The summed E-state index contributed by atoms with van der Waals surface area (Å²) < 4.78 is 11.0.